The number of pyridine rings is 1. The van der Waals surface area contributed by atoms with Gasteiger partial charge in [-0.3, -0.25) is 9.69 Å². The van der Waals surface area contributed by atoms with Crippen LogP contribution >= 0.6 is 0 Å². The Labute approximate surface area is 183 Å². The molecule has 1 amide bonds. The third-order valence-corrected chi connectivity index (χ3v) is 6.42. The minimum Gasteiger partial charge on any atom is -0.491 e. The van der Waals surface area contributed by atoms with E-state index in [0.717, 1.165) is 36.6 Å². The van der Waals surface area contributed by atoms with Gasteiger partial charge in [-0.1, -0.05) is 24.3 Å². The van der Waals surface area contributed by atoms with Gasteiger partial charge < -0.3 is 14.0 Å². The lowest BCUT2D eigenvalue weighted by Crippen LogP contribution is -2.36. The molecular weight excluding hydrogens is 388 g/mol. The number of aryl methyl sites for hydroxylation is 1. The summed E-state index contributed by atoms with van der Waals surface area (Å²) in [5.41, 5.74) is 4.27. The van der Waals surface area contributed by atoms with E-state index < -0.39 is 0 Å². The highest BCUT2D eigenvalue weighted by Gasteiger charge is 2.46. The molecule has 0 spiro atoms. The monoisotopic (exact) mass is 418 g/mol. The number of aromatic nitrogens is 2. The largest absolute Gasteiger partial charge is 0.491 e. The number of likely N-dealkylation sites (tertiary alicyclic amines) is 2. The summed E-state index contributed by atoms with van der Waals surface area (Å²) < 4.78 is 8.06. The van der Waals surface area contributed by atoms with Gasteiger partial charge in [-0.2, -0.15) is 0 Å². The SMILES string of the molecule is Cc1ccc2nc(CN3C(=O)C[C@H]4[C@@H]3CCN4Cc3ccccc3OC(C)C)cn2c1. The van der Waals surface area contributed by atoms with Crippen molar-refractivity contribution in [1.82, 2.24) is 19.2 Å². The predicted octanol–water partition coefficient (Wildman–Crippen LogP) is 3.81. The number of amides is 1. The molecule has 0 radical (unpaired) electrons. The van der Waals surface area contributed by atoms with Gasteiger partial charge in [-0.15, -0.1) is 0 Å². The van der Waals surface area contributed by atoms with Crippen LogP contribution in [0.2, 0.25) is 0 Å². The third-order valence-electron chi connectivity index (χ3n) is 6.42. The van der Waals surface area contributed by atoms with Gasteiger partial charge in [0.2, 0.25) is 5.91 Å². The fourth-order valence-electron chi connectivity index (χ4n) is 5.04. The average molecular weight is 419 g/mol. The molecule has 4 heterocycles. The number of ether oxygens (including phenoxy) is 1. The lowest BCUT2D eigenvalue weighted by Gasteiger charge is -2.26. The van der Waals surface area contributed by atoms with Crippen LogP contribution in [0.3, 0.4) is 0 Å². The molecule has 162 valence electrons. The van der Waals surface area contributed by atoms with E-state index in [9.17, 15) is 4.79 Å². The maximum atomic E-state index is 12.9. The molecule has 2 aromatic heterocycles. The Morgan fingerprint density at radius 3 is 2.77 bits per heavy atom. The van der Waals surface area contributed by atoms with E-state index in [1.54, 1.807) is 0 Å². The number of hydrogen-bond donors (Lipinski definition) is 0. The van der Waals surface area contributed by atoms with Crippen LogP contribution in [0.4, 0.5) is 0 Å². The van der Waals surface area contributed by atoms with Crippen LogP contribution in [-0.2, 0) is 17.9 Å². The molecule has 31 heavy (non-hydrogen) atoms. The predicted molar refractivity (Wildman–Crippen MR) is 120 cm³/mol. The first-order chi connectivity index (χ1) is 15.0. The van der Waals surface area contributed by atoms with Crippen molar-refractivity contribution in [3.8, 4) is 5.75 Å². The summed E-state index contributed by atoms with van der Waals surface area (Å²) >= 11 is 0. The Balaban J connectivity index is 1.31. The lowest BCUT2D eigenvalue weighted by atomic mass is 10.1. The van der Waals surface area contributed by atoms with Gasteiger partial charge in [-0.25, -0.2) is 4.98 Å². The van der Waals surface area contributed by atoms with E-state index in [1.165, 1.54) is 11.1 Å². The first-order valence-electron chi connectivity index (χ1n) is 11.2. The third kappa shape index (κ3) is 3.92. The molecule has 2 saturated heterocycles. The number of nitrogens with zero attached hydrogens (tertiary/aromatic N) is 4. The number of fused-ring (bicyclic) bond motifs is 2. The summed E-state index contributed by atoms with van der Waals surface area (Å²) in [5.74, 6) is 1.18. The van der Waals surface area contributed by atoms with Crippen molar-refractivity contribution in [2.75, 3.05) is 6.54 Å². The van der Waals surface area contributed by atoms with Crippen LogP contribution in [0, 0.1) is 6.92 Å². The van der Waals surface area contributed by atoms with Gasteiger partial charge in [0.25, 0.3) is 0 Å². The topological polar surface area (TPSA) is 50.1 Å². The molecular formula is C25H30N4O2. The van der Waals surface area contributed by atoms with E-state index >= 15 is 0 Å². The number of hydrogen-bond acceptors (Lipinski definition) is 4. The van der Waals surface area contributed by atoms with E-state index in [0.29, 0.717) is 13.0 Å². The quantitative estimate of drug-likeness (QED) is 0.611. The number of para-hydroxylation sites is 1. The van der Waals surface area contributed by atoms with Crippen molar-refractivity contribution in [3.05, 3.63) is 65.6 Å². The molecule has 3 aromatic rings. The van der Waals surface area contributed by atoms with Crippen LogP contribution in [0.15, 0.2) is 48.8 Å². The molecule has 0 saturated carbocycles. The van der Waals surface area contributed by atoms with E-state index in [1.807, 2.05) is 18.2 Å². The standard InChI is InChI=1S/C25H30N4O2/c1-17(2)31-23-7-5-4-6-19(23)14-27-11-10-21-22(27)12-25(30)29(21)16-20-15-28-13-18(3)8-9-24(28)26-20/h4-9,13,15,17,21-22H,10-12,14,16H2,1-3H3/t21-,22-/m0/s1. The Kier molecular flexibility index (Phi) is 5.18. The van der Waals surface area contributed by atoms with Gasteiger partial charge in [-0.05, 0) is 44.9 Å². The van der Waals surface area contributed by atoms with Crippen molar-refractivity contribution >= 4 is 11.6 Å². The molecule has 2 aliphatic rings. The smallest absolute Gasteiger partial charge is 0.224 e. The second kappa shape index (κ2) is 8.00. The molecule has 0 unspecified atom stereocenters. The number of carbonyl (C=O) groups is 1. The molecule has 1 aromatic carbocycles. The minimum absolute atomic E-state index is 0.144. The molecule has 6 nitrogen and oxygen atoms in total. The minimum atomic E-state index is 0.144. The maximum absolute atomic E-state index is 12.9. The maximum Gasteiger partial charge on any atom is 0.224 e. The zero-order valence-electron chi connectivity index (χ0n) is 18.5. The highest BCUT2D eigenvalue weighted by molar-refractivity contribution is 5.80. The van der Waals surface area contributed by atoms with E-state index in [-0.39, 0.29) is 24.1 Å². The van der Waals surface area contributed by atoms with Gasteiger partial charge >= 0.3 is 0 Å². The highest BCUT2D eigenvalue weighted by atomic mass is 16.5. The molecule has 0 bridgehead atoms. The van der Waals surface area contributed by atoms with Crippen molar-refractivity contribution in [2.24, 2.45) is 0 Å². The van der Waals surface area contributed by atoms with Crippen molar-refractivity contribution in [2.45, 2.75) is 64.9 Å². The number of carbonyl (C=O) groups excluding carboxylic acids is 1. The van der Waals surface area contributed by atoms with Gasteiger partial charge in [0.1, 0.15) is 11.4 Å². The van der Waals surface area contributed by atoms with Crippen LogP contribution in [-0.4, -0.2) is 49.8 Å². The molecule has 6 heteroatoms. The molecule has 0 N–H and O–H groups in total. The van der Waals surface area contributed by atoms with Crippen LogP contribution in [0.1, 0.15) is 43.5 Å². The second-order valence-electron chi connectivity index (χ2n) is 9.10. The van der Waals surface area contributed by atoms with Gasteiger partial charge in [0.05, 0.1) is 18.3 Å². The molecule has 2 aliphatic heterocycles. The first-order valence-corrected chi connectivity index (χ1v) is 11.2. The van der Waals surface area contributed by atoms with Crippen LogP contribution in [0.5, 0.6) is 5.75 Å². The summed E-state index contributed by atoms with van der Waals surface area (Å²) in [6.07, 6.45) is 5.87. The average Bonchev–Trinajstić information content (AvgIpc) is 3.38. The van der Waals surface area contributed by atoms with Gasteiger partial charge in [0.15, 0.2) is 0 Å². The molecule has 2 atom stereocenters. The Hall–Kier alpha value is -2.86. The van der Waals surface area contributed by atoms with E-state index in [2.05, 4.69) is 65.6 Å². The first kappa shape index (κ1) is 20.1. The lowest BCUT2D eigenvalue weighted by molar-refractivity contribution is -0.129. The Bertz CT molecular complexity index is 1110. The Morgan fingerprint density at radius 2 is 1.94 bits per heavy atom. The van der Waals surface area contributed by atoms with Crippen LogP contribution in [0.25, 0.3) is 5.65 Å². The zero-order valence-corrected chi connectivity index (χ0v) is 18.5. The number of imidazole rings is 1. The van der Waals surface area contributed by atoms with Crippen molar-refractivity contribution in [1.29, 1.82) is 0 Å². The number of benzene rings is 1. The van der Waals surface area contributed by atoms with Crippen molar-refractivity contribution < 1.29 is 9.53 Å². The van der Waals surface area contributed by atoms with Crippen LogP contribution < -0.4 is 4.74 Å². The second-order valence-corrected chi connectivity index (χ2v) is 9.10. The summed E-state index contributed by atoms with van der Waals surface area (Å²) in [6, 6.07) is 12.9. The fraction of sp³-hybridized carbons (Fsp3) is 0.440. The molecule has 2 fully saturated rings. The summed E-state index contributed by atoms with van der Waals surface area (Å²) in [6.45, 7) is 8.58. The highest BCUT2D eigenvalue weighted by Crippen LogP contribution is 2.35. The van der Waals surface area contributed by atoms with Gasteiger partial charge in [0, 0.05) is 49.6 Å². The summed E-state index contributed by atoms with van der Waals surface area (Å²) in [5, 5.41) is 0. The summed E-state index contributed by atoms with van der Waals surface area (Å²) in [7, 11) is 0. The normalized spacial score (nSPS) is 21.4. The molecule has 0 aliphatic carbocycles. The Morgan fingerprint density at radius 1 is 1.10 bits per heavy atom. The van der Waals surface area contributed by atoms with Crippen molar-refractivity contribution in [3.63, 3.8) is 0 Å². The molecule has 5 rings (SSSR count). The van der Waals surface area contributed by atoms with E-state index in [4.69, 9.17) is 9.72 Å². The summed E-state index contributed by atoms with van der Waals surface area (Å²) in [4.78, 5) is 22.2. The number of rotatable bonds is 6. The zero-order chi connectivity index (χ0) is 21.5. The fourth-order valence-corrected chi connectivity index (χ4v) is 5.04.